The Morgan fingerprint density at radius 3 is 2.45 bits per heavy atom. The summed E-state index contributed by atoms with van der Waals surface area (Å²) in [4.78, 5) is 31.4. The van der Waals surface area contributed by atoms with Crippen LogP contribution in [0.5, 0.6) is 0 Å². The number of halogens is 1. The number of carbonyl (C=O) groups excluding carboxylic acids is 2. The van der Waals surface area contributed by atoms with Crippen LogP contribution in [0.1, 0.15) is 29.5 Å². The molecule has 2 aliphatic rings. The fourth-order valence-electron chi connectivity index (χ4n) is 4.32. The number of piperidine rings is 1. The monoisotopic (exact) mass is 440 g/mol. The number of benzene rings is 2. The minimum absolute atomic E-state index is 0.109. The van der Waals surface area contributed by atoms with Gasteiger partial charge in [-0.1, -0.05) is 47.5 Å². The molecule has 1 N–H and O–H groups in total. The molecule has 0 aliphatic carbocycles. The second-order valence-corrected chi connectivity index (χ2v) is 8.85. The Balaban J connectivity index is 1.29. The minimum Gasteiger partial charge on any atom is -0.324 e. The van der Waals surface area contributed by atoms with Crippen LogP contribution >= 0.6 is 11.6 Å². The summed E-state index contributed by atoms with van der Waals surface area (Å²) in [5, 5.41) is 3.60. The quantitative estimate of drug-likeness (QED) is 0.735. The van der Waals surface area contributed by atoms with Crippen LogP contribution in [0.15, 0.2) is 42.5 Å². The molecule has 164 valence electrons. The van der Waals surface area contributed by atoms with Crippen molar-refractivity contribution in [2.24, 2.45) is 0 Å². The van der Waals surface area contributed by atoms with Crippen LogP contribution in [0, 0.1) is 13.8 Å². The third-order valence-corrected chi connectivity index (χ3v) is 6.73. The lowest BCUT2D eigenvalue weighted by atomic mass is 10.0. The third-order valence-electron chi connectivity index (χ3n) is 6.32. The highest BCUT2D eigenvalue weighted by Crippen LogP contribution is 2.25. The van der Waals surface area contributed by atoms with Crippen molar-refractivity contribution in [3.63, 3.8) is 0 Å². The summed E-state index contributed by atoms with van der Waals surface area (Å²) in [6.45, 7) is 7.39. The van der Waals surface area contributed by atoms with E-state index in [0.717, 1.165) is 42.7 Å². The fraction of sp³-hybridized carbons (Fsp3) is 0.417. The number of carbonyl (C=O) groups is 2. The molecule has 4 rings (SSSR count). The zero-order valence-electron chi connectivity index (χ0n) is 18.1. The molecule has 2 heterocycles. The molecule has 2 saturated heterocycles. The van der Waals surface area contributed by atoms with Gasteiger partial charge in [0.2, 0.25) is 0 Å². The zero-order chi connectivity index (χ0) is 22.0. The molecule has 0 spiro atoms. The van der Waals surface area contributed by atoms with Crippen molar-refractivity contribution < 1.29 is 9.59 Å². The van der Waals surface area contributed by atoms with Crippen LogP contribution in [-0.4, -0.2) is 59.0 Å². The largest absolute Gasteiger partial charge is 0.324 e. The topological polar surface area (TPSA) is 55.9 Å². The Hall–Kier alpha value is -2.73. The number of anilines is 1. The number of aryl methyl sites for hydroxylation is 1. The van der Waals surface area contributed by atoms with Crippen molar-refractivity contribution in [1.29, 1.82) is 0 Å². The Labute approximate surface area is 188 Å². The fourth-order valence-corrected chi connectivity index (χ4v) is 4.49. The van der Waals surface area contributed by atoms with Crippen LogP contribution in [-0.2, 0) is 6.54 Å². The molecule has 0 aromatic heterocycles. The van der Waals surface area contributed by atoms with Gasteiger partial charge in [0.1, 0.15) is 0 Å². The van der Waals surface area contributed by atoms with Crippen LogP contribution in [0.2, 0.25) is 5.02 Å². The number of urea groups is 2. The molecule has 0 unspecified atom stereocenters. The van der Waals surface area contributed by atoms with Gasteiger partial charge in [-0.3, -0.25) is 0 Å². The minimum atomic E-state index is -0.113. The van der Waals surface area contributed by atoms with Crippen molar-refractivity contribution in [3.05, 3.63) is 64.2 Å². The van der Waals surface area contributed by atoms with E-state index in [0.29, 0.717) is 24.7 Å². The predicted molar refractivity (Wildman–Crippen MR) is 123 cm³/mol. The van der Waals surface area contributed by atoms with E-state index in [1.165, 1.54) is 5.56 Å². The van der Waals surface area contributed by atoms with Gasteiger partial charge in [0.05, 0.1) is 0 Å². The normalized spacial score (nSPS) is 17.4. The molecule has 0 radical (unpaired) electrons. The number of nitrogens with one attached hydrogen (secondary N) is 1. The number of nitrogens with zero attached hydrogens (tertiary/aromatic N) is 3. The van der Waals surface area contributed by atoms with Crippen molar-refractivity contribution in [3.8, 4) is 0 Å². The van der Waals surface area contributed by atoms with E-state index in [1.807, 2.05) is 39.8 Å². The van der Waals surface area contributed by atoms with Crippen LogP contribution < -0.4 is 5.32 Å². The van der Waals surface area contributed by atoms with Gasteiger partial charge in [0.15, 0.2) is 0 Å². The predicted octanol–water partition coefficient (Wildman–Crippen LogP) is 4.89. The van der Waals surface area contributed by atoms with Crippen LogP contribution in [0.3, 0.4) is 0 Å². The third kappa shape index (κ3) is 4.79. The molecule has 7 heteroatoms. The van der Waals surface area contributed by atoms with Crippen molar-refractivity contribution >= 4 is 29.4 Å². The maximum atomic E-state index is 12.9. The average molecular weight is 441 g/mol. The smallest absolute Gasteiger partial charge is 0.321 e. The first-order chi connectivity index (χ1) is 14.9. The number of hydrogen-bond acceptors (Lipinski definition) is 2. The van der Waals surface area contributed by atoms with Gasteiger partial charge >= 0.3 is 12.1 Å². The van der Waals surface area contributed by atoms with E-state index < -0.39 is 0 Å². The van der Waals surface area contributed by atoms with Gasteiger partial charge in [-0.2, -0.15) is 0 Å². The summed E-state index contributed by atoms with van der Waals surface area (Å²) in [6, 6.07) is 14.0. The van der Waals surface area contributed by atoms with Crippen LogP contribution in [0.25, 0.3) is 0 Å². The molecule has 4 amide bonds. The number of amides is 4. The first kappa shape index (κ1) is 21.5. The molecule has 2 aromatic rings. The Morgan fingerprint density at radius 2 is 1.74 bits per heavy atom. The highest BCUT2D eigenvalue weighted by atomic mass is 35.5. The number of rotatable bonds is 4. The summed E-state index contributed by atoms with van der Waals surface area (Å²) < 4.78 is 0. The number of hydrogen-bond donors (Lipinski definition) is 1. The van der Waals surface area contributed by atoms with E-state index in [4.69, 9.17) is 11.6 Å². The first-order valence-electron chi connectivity index (χ1n) is 10.8. The molecule has 2 aliphatic heterocycles. The second kappa shape index (κ2) is 9.18. The first-order valence-corrected chi connectivity index (χ1v) is 11.2. The lowest BCUT2D eigenvalue weighted by molar-refractivity contribution is 0.139. The SMILES string of the molecule is Cc1ccc(CN2CCN(C3CCN(C(=O)Nc4cccc(Cl)c4C)CC3)C2=O)cc1. The lowest BCUT2D eigenvalue weighted by Gasteiger charge is -2.36. The van der Waals surface area contributed by atoms with Gasteiger partial charge in [-0.25, -0.2) is 9.59 Å². The summed E-state index contributed by atoms with van der Waals surface area (Å²) in [5.41, 5.74) is 3.98. The summed E-state index contributed by atoms with van der Waals surface area (Å²) in [7, 11) is 0. The Bertz CT molecular complexity index is 955. The van der Waals surface area contributed by atoms with E-state index in [9.17, 15) is 9.59 Å². The lowest BCUT2D eigenvalue weighted by Crippen LogP contribution is -2.49. The van der Waals surface area contributed by atoms with Crippen LogP contribution in [0.4, 0.5) is 15.3 Å². The highest BCUT2D eigenvalue weighted by molar-refractivity contribution is 6.31. The van der Waals surface area contributed by atoms with Gasteiger partial charge in [-0.15, -0.1) is 0 Å². The molecular formula is C24H29ClN4O2. The van der Waals surface area contributed by atoms with E-state index in [1.54, 1.807) is 0 Å². The highest BCUT2D eigenvalue weighted by Gasteiger charge is 2.36. The molecule has 6 nitrogen and oxygen atoms in total. The van der Waals surface area contributed by atoms with Crippen molar-refractivity contribution in [2.45, 2.75) is 39.3 Å². The molecule has 31 heavy (non-hydrogen) atoms. The van der Waals surface area contributed by atoms with E-state index >= 15 is 0 Å². The Morgan fingerprint density at radius 1 is 1.03 bits per heavy atom. The van der Waals surface area contributed by atoms with Crippen molar-refractivity contribution in [2.75, 3.05) is 31.5 Å². The molecule has 0 atom stereocenters. The van der Waals surface area contributed by atoms with Gasteiger partial charge in [-0.05, 0) is 49.9 Å². The standard InChI is InChI=1S/C24H29ClN4O2/c1-17-6-8-19(9-7-17)16-28-14-15-29(24(28)31)20-10-12-27(13-11-20)23(30)26-22-5-3-4-21(25)18(22)2/h3-9,20H,10-16H2,1-2H3,(H,26,30). The van der Waals surface area contributed by atoms with Gasteiger partial charge in [0.25, 0.3) is 0 Å². The number of likely N-dealkylation sites (tertiary alicyclic amines) is 1. The Kier molecular flexibility index (Phi) is 6.37. The van der Waals surface area contributed by atoms with Crippen molar-refractivity contribution in [1.82, 2.24) is 14.7 Å². The summed E-state index contributed by atoms with van der Waals surface area (Å²) >= 11 is 6.15. The average Bonchev–Trinajstić information content (AvgIpc) is 3.13. The molecule has 0 bridgehead atoms. The van der Waals surface area contributed by atoms with Gasteiger partial charge < -0.3 is 20.0 Å². The van der Waals surface area contributed by atoms with Gasteiger partial charge in [0, 0.05) is 49.5 Å². The molecular weight excluding hydrogens is 412 g/mol. The van der Waals surface area contributed by atoms with E-state index in [2.05, 4.69) is 36.5 Å². The molecule has 2 aromatic carbocycles. The molecule has 0 saturated carbocycles. The zero-order valence-corrected chi connectivity index (χ0v) is 18.9. The maximum absolute atomic E-state index is 12.9. The second-order valence-electron chi connectivity index (χ2n) is 8.44. The maximum Gasteiger partial charge on any atom is 0.321 e. The summed E-state index contributed by atoms with van der Waals surface area (Å²) in [5.74, 6) is 0. The summed E-state index contributed by atoms with van der Waals surface area (Å²) in [6.07, 6.45) is 1.60. The molecule has 2 fully saturated rings. The van der Waals surface area contributed by atoms with E-state index in [-0.39, 0.29) is 18.1 Å².